The average Bonchev–Trinajstić information content (AvgIpc) is 2.40. The molecule has 0 aliphatic carbocycles. The van der Waals surface area contributed by atoms with Crippen LogP contribution >= 0.6 is 0 Å². The lowest BCUT2D eigenvalue weighted by molar-refractivity contribution is 0.0612. The van der Waals surface area contributed by atoms with E-state index in [0.29, 0.717) is 25.2 Å². The highest BCUT2D eigenvalue weighted by molar-refractivity contribution is 5.96. The van der Waals surface area contributed by atoms with Crippen molar-refractivity contribution in [1.82, 2.24) is 14.8 Å². The number of aliphatic hydroxyl groups excluding tert-OH is 1. The number of aliphatic hydroxyl groups is 1. The van der Waals surface area contributed by atoms with E-state index in [0.717, 1.165) is 13.1 Å². The average molecular weight is 251 g/mol. The first kappa shape index (κ1) is 12.8. The smallest absolute Gasteiger partial charge is 0.257 e. The molecular formula is C12H17N3O3. The number of aromatic hydroxyl groups is 1. The van der Waals surface area contributed by atoms with Crippen molar-refractivity contribution in [3.8, 4) is 5.75 Å². The van der Waals surface area contributed by atoms with Gasteiger partial charge in [-0.1, -0.05) is 0 Å². The van der Waals surface area contributed by atoms with Gasteiger partial charge in [-0.25, -0.2) is 0 Å². The van der Waals surface area contributed by atoms with Gasteiger partial charge < -0.3 is 15.1 Å². The van der Waals surface area contributed by atoms with Crippen LogP contribution in [-0.4, -0.2) is 70.2 Å². The lowest BCUT2D eigenvalue weighted by atomic mass is 10.2. The Hall–Kier alpha value is -1.66. The predicted molar refractivity (Wildman–Crippen MR) is 65.3 cm³/mol. The van der Waals surface area contributed by atoms with E-state index in [1.54, 1.807) is 4.90 Å². The third-order valence-corrected chi connectivity index (χ3v) is 3.11. The maximum Gasteiger partial charge on any atom is 0.257 e. The number of amides is 1. The highest BCUT2D eigenvalue weighted by Gasteiger charge is 2.23. The molecule has 2 rings (SSSR count). The summed E-state index contributed by atoms with van der Waals surface area (Å²) >= 11 is 0. The topological polar surface area (TPSA) is 76.9 Å². The Bertz CT molecular complexity index is 417. The molecule has 0 spiro atoms. The first-order valence-corrected chi connectivity index (χ1v) is 5.98. The number of pyridine rings is 1. The number of carbonyl (C=O) groups is 1. The van der Waals surface area contributed by atoms with Gasteiger partial charge in [0.05, 0.1) is 18.4 Å². The number of hydrogen-bond donors (Lipinski definition) is 2. The van der Waals surface area contributed by atoms with Crippen molar-refractivity contribution in [3.63, 3.8) is 0 Å². The van der Waals surface area contributed by atoms with Gasteiger partial charge in [-0.2, -0.15) is 0 Å². The van der Waals surface area contributed by atoms with Gasteiger partial charge >= 0.3 is 0 Å². The summed E-state index contributed by atoms with van der Waals surface area (Å²) in [7, 11) is 0. The molecule has 0 bridgehead atoms. The second kappa shape index (κ2) is 5.79. The van der Waals surface area contributed by atoms with Crippen LogP contribution in [-0.2, 0) is 0 Å². The molecule has 1 fully saturated rings. The number of rotatable bonds is 3. The van der Waals surface area contributed by atoms with Crippen LogP contribution in [0.2, 0.25) is 0 Å². The zero-order chi connectivity index (χ0) is 13.0. The number of piperazine rings is 1. The predicted octanol–water partition coefficient (Wildman–Crippen LogP) is -0.463. The van der Waals surface area contributed by atoms with Crippen LogP contribution in [0.4, 0.5) is 0 Å². The normalized spacial score (nSPS) is 16.8. The van der Waals surface area contributed by atoms with E-state index >= 15 is 0 Å². The van der Waals surface area contributed by atoms with Crippen molar-refractivity contribution >= 4 is 5.91 Å². The Morgan fingerprint density at radius 3 is 2.67 bits per heavy atom. The minimum absolute atomic E-state index is 0.0831. The lowest BCUT2D eigenvalue weighted by Crippen LogP contribution is -2.49. The van der Waals surface area contributed by atoms with E-state index in [4.69, 9.17) is 5.11 Å². The van der Waals surface area contributed by atoms with Gasteiger partial charge in [0.2, 0.25) is 0 Å². The number of hydrogen-bond acceptors (Lipinski definition) is 5. The molecule has 0 saturated carbocycles. The molecule has 0 aromatic carbocycles. The van der Waals surface area contributed by atoms with Crippen molar-refractivity contribution in [2.75, 3.05) is 39.3 Å². The molecule has 6 heteroatoms. The van der Waals surface area contributed by atoms with Gasteiger partial charge in [0.1, 0.15) is 5.75 Å². The first-order valence-electron chi connectivity index (χ1n) is 5.98. The minimum atomic E-state index is -0.168. The second-order valence-corrected chi connectivity index (χ2v) is 4.25. The highest BCUT2D eigenvalue weighted by atomic mass is 16.3. The molecule has 1 aromatic rings. The standard InChI is InChI=1S/C12H17N3O3/c16-8-7-14-3-5-15(6-4-14)12(18)10-1-2-13-9-11(10)17/h1-2,9,16-17H,3-8H2. The Kier molecular flexibility index (Phi) is 4.11. The molecule has 98 valence electrons. The first-order chi connectivity index (χ1) is 8.72. The van der Waals surface area contributed by atoms with Crippen LogP contribution in [0, 0.1) is 0 Å². The fourth-order valence-corrected chi connectivity index (χ4v) is 2.05. The molecule has 1 saturated heterocycles. The van der Waals surface area contributed by atoms with Gasteiger partial charge in [-0.15, -0.1) is 0 Å². The summed E-state index contributed by atoms with van der Waals surface area (Å²) in [5.74, 6) is -0.251. The molecule has 2 heterocycles. The van der Waals surface area contributed by atoms with Gasteiger partial charge in [-0.05, 0) is 6.07 Å². The molecule has 2 N–H and O–H groups in total. The number of nitrogens with zero attached hydrogens (tertiary/aromatic N) is 3. The van der Waals surface area contributed by atoms with Crippen molar-refractivity contribution < 1.29 is 15.0 Å². The van der Waals surface area contributed by atoms with Crippen molar-refractivity contribution in [1.29, 1.82) is 0 Å². The summed E-state index contributed by atoms with van der Waals surface area (Å²) in [5, 5.41) is 18.4. The van der Waals surface area contributed by atoms with Crippen LogP contribution in [0.15, 0.2) is 18.5 Å². The molecule has 1 aliphatic rings. The largest absolute Gasteiger partial charge is 0.505 e. The summed E-state index contributed by atoms with van der Waals surface area (Å²) in [4.78, 5) is 19.7. The second-order valence-electron chi connectivity index (χ2n) is 4.25. The van der Waals surface area contributed by atoms with E-state index in [1.807, 2.05) is 0 Å². The van der Waals surface area contributed by atoms with Crippen LogP contribution < -0.4 is 0 Å². The fourth-order valence-electron chi connectivity index (χ4n) is 2.05. The molecule has 1 aliphatic heterocycles. The van der Waals surface area contributed by atoms with Crippen LogP contribution in [0.25, 0.3) is 0 Å². The zero-order valence-corrected chi connectivity index (χ0v) is 10.1. The Morgan fingerprint density at radius 1 is 1.33 bits per heavy atom. The monoisotopic (exact) mass is 251 g/mol. The van der Waals surface area contributed by atoms with Crippen molar-refractivity contribution in [3.05, 3.63) is 24.0 Å². The summed E-state index contributed by atoms with van der Waals surface area (Å²) in [6.45, 7) is 3.50. The van der Waals surface area contributed by atoms with Crippen molar-refractivity contribution in [2.45, 2.75) is 0 Å². The number of aromatic nitrogens is 1. The highest BCUT2D eigenvalue weighted by Crippen LogP contribution is 2.17. The molecule has 0 atom stereocenters. The molecule has 0 radical (unpaired) electrons. The van der Waals surface area contributed by atoms with E-state index in [1.165, 1.54) is 18.5 Å². The summed E-state index contributed by atoms with van der Waals surface area (Å²) in [6.07, 6.45) is 2.77. The van der Waals surface area contributed by atoms with Crippen LogP contribution in [0.5, 0.6) is 5.75 Å². The number of carbonyl (C=O) groups excluding carboxylic acids is 1. The molecular weight excluding hydrogens is 234 g/mol. The molecule has 1 amide bonds. The lowest BCUT2D eigenvalue weighted by Gasteiger charge is -2.34. The maximum atomic E-state index is 12.2. The minimum Gasteiger partial charge on any atom is -0.505 e. The fraction of sp³-hybridized carbons (Fsp3) is 0.500. The van der Waals surface area contributed by atoms with Gasteiger partial charge in [0.15, 0.2) is 0 Å². The molecule has 18 heavy (non-hydrogen) atoms. The summed E-state index contributed by atoms with van der Waals surface area (Å²) in [6, 6.07) is 1.53. The summed E-state index contributed by atoms with van der Waals surface area (Å²) in [5.41, 5.74) is 0.292. The van der Waals surface area contributed by atoms with E-state index in [-0.39, 0.29) is 18.3 Å². The maximum absolute atomic E-state index is 12.2. The van der Waals surface area contributed by atoms with Crippen LogP contribution in [0.3, 0.4) is 0 Å². The van der Waals surface area contributed by atoms with Gasteiger partial charge in [-0.3, -0.25) is 14.7 Å². The number of β-amino-alcohol motifs (C(OH)–C–C–N with tert-alkyl or cyclic N) is 1. The van der Waals surface area contributed by atoms with Gasteiger partial charge in [0.25, 0.3) is 5.91 Å². The zero-order valence-electron chi connectivity index (χ0n) is 10.1. The quantitative estimate of drug-likeness (QED) is 0.760. The van der Waals surface area contributed by atoms with Crippen molar-refractivity contribution in [2.24, 2.45) is 0 Å². The molecule has 1 aromatic heterocycles. The van der Waals surface area contributed by atoms with E-state index in [9.17, 15) is 9.90 Å². The van der Waals surface area contributed by atoms with Gasteiger partial charge in [0, 0.05) is 38.9 Å². The third-order valence-electron chi connectivity index (χ3n) is 3.11. The Balaban J connectivity index is 1.98. The van der Waals surface area contributed by atoms with E-state index in [2.05, 4.69) is 9.88 Å². The SMILES string of the molecule is O=C(c1ccncc1O)N1CCN(CCO)CC1. The Morgan fingerprint density at radius 2 is 2.06 bits per heavy atom. The molecule has 0 unspecified atom stereocenters. The summed E-state index contributed by atoms with van der Waals surface area (Å²) < 4.78 is 0. The Labute approximate surface area is 105 Å². The van der Waals surface area contributed by atoms with Crippen LogP contribution in [0.1, 0.15) is 10.4 Å². The molecule has 6 nitrogen and oxygen atoms in total. The van der Waals surface area contributed by atoms with E-state index < -0.39 is 0 Å². The third kappa shape index (κ3) is 2.77.